The lowest BCUT2D eigenvalue weighted by atomic mass is 10.2. The van der Waals surface area contributed by atoms with Gasteiger partial charge in [0.05, 0.1) is 23.2 Å². The largest absolute Gasteiger partial charge is 0.358 e. The Bertz CT molecular complexity index is 987. The van der Waals surface area contributed by atoms with Crippen LogP contribution in [0.1, 0.15) is 5.56 Å². The van der Waals surface area contributed by atoms with E-state index >= 15 is 0 Å². The molecule has 3 rings (SSSR count). The van der Waals surface area contributed by atoms with Crippen molar-refractivity contribution in [2.24, 2.45) is 0 Å². The summed E-state index contributed by atoms with van der Waals surface area (Å²) in [4.78, 5) is 29.1. The lowest BCUT2D eigenvalue weighted by Gasteiger charge is -2.13. The summed E-state index contributed by atoms with van der Waals surface area (Å²) in [6.07, 6.45) is 0. The van der Waals surface area contributed by atoms with Crippen molar-refractivity contribution in [3.8, 4) is 0 Å². The molecule has 0 bridgehead atoms. The van der Waals surface area contributed by atoms with Crippen LogP contribution >= 0.6 is 23.4 Å². The summed E-state index contributed by atoms with van der Waals surface area (Å²) in [5.41, 5.74) is 1.29. The molecule has 1 aromatic heterocycles. The van der Waals surface area contributed by atoms with Crippen molar-refractivity contribution < 1.29 is 4.79 Å². The van der Waals surface area contributed by atoms with Gasteiger partial charge < -0.3 is 5.32 Å². The summed E-state index contributed by atoms with van der Waals surface area (Å²) < 4.78 is 1.57. The Morgan fingerprint density at radius 2 is 1.92 bits per heavy atom. The predicted octanol–water partition coefficient (Wildman–Crippen LogP) is 2.94. The zero-order valence-corrected chi connectivity index (χ0v) is 15.1. The van der Waals surface area contributed by atoms with Gasteiger partial charge in [-0.3, -0.25) is 14.2 Å². The van der Waals surface area contributed by atoms with Gasteiger partial charge in [-0.05, 0) is 23.8 Å². The second-order valence-electron chi connectivity index (χ2n) is 5.36. The summed E-state index contributed by atoms with van der Waals surface area (Å²) in [6, 6.07) is 14.6. The van der Waals surface area contributed by atoms with Crippen LogP contribution in [0.2, 0.25) is 5.02 Å². The van der Waals surface area contributed by atoms with Crippen molar-refractivity contribution in [2.75, 3.05) is 12.8 Å². The third-order valence-corrected chi connectivity index (χ3v) is 5.07. The molecule has 0 atom stereocenters. The van der Waals surface area contributed by atoms with Crippen LogP contribution in [0, 0.1) is 0 Å². The van der Waals surface area contributed by atoms with Crippen molar-refractivity contribution in [1.82, 2.24) is 14.9 Å². The van der Waals surface area contributed by atoms with E-state index in [0.29, 0.717) is 27.6 Å². The highest BCUT2D eigenvalue weighted by Gasteiger charge is 2.14. The smallest absolute Gasteiger partial charge is 0.262 e. The Morgan fingerprint density at radius 3 is 2.68 bits per heavy atom. The monoisotopic (exact) mass is 373 g/mol. The van der Waals surface area contributed by atoms with Gasteiger partial charge in [0.15, 0.2) is 5.16 Å². The van der Waals surface area contributed by atoms with Gasteiger partial charge in [-0.25, -0.2) is 4.98 Å². The van der Waals surface area contributed by atoms with E-state index in [-0.39, 0.29) is 17.2 Å². The number of para-hydroxylation sites is 1. The maximum atomic E-state index is 12.9. The molecule has 0 spiro atoms. The number of amides is 1. The first kappa shape index (κ1) is 17.5. The first-order chi connectivity index (χ1) is 12.1. The number of carbonyl (C=O) groups is 1. The number of halogens is 1. The highest BCUT2D eigenvalue weighted by molar-refractivity contribution is 7.99. The van der Waals surface area contributed by atoms with E-state index in [1.165, 1.54) is 11.8 Å². The Kier molecular flexibility index (Phi) is 5.40. The van der Waals surface area contributed by atoms with E-state index < -0.39 is 0 Å². The molecule has 5 nitrogen and oxygen atoms in total. The van der Waals surface area contributed by atoms with Gasteiger partial charge >= 0.3 is 0 Å². The van der Waals surface area contributed by atoms with E-state index in [0.717, 1.165) is 5.56 Å². The number of aromatic nitrogens is 2. The Morgan fingerprint density at radius 1 is 1.20 bits per heavy atom. The zero-order valence-electron chi connectivity index (χ0n) is 13.5. The van der Waals surface area contributed by atoms with Gasteiger partial charge in [-0.2, -0.15) is 0 Å². The van der Waals surface area contributed by atoms with Crippen molar-refractivity contribution in [3.05, 3.63) is 69.5 Å². The Labute approximate surface area is 154 Å². The molecule has 0 unspecified atom stereocenters. The van der Waals surface area contributed by atoms with Crippen LogP contribution in [0.4, 0.5) is 0 Å². The molecule has 0 saturated carbocycles. The average Bonchev–Trinajstić information content (AvgIpc) is 2.64. The van der Waals surface area contributed by atoms with E-state index in [4.69, 9.17) is 11.6 Å². The van der Waals surface area contributed by atoms with Crippen LogP contribution in [-0.2, 0) is 11.3 Å². The maximum Gasteiger partial charge on any atom is 0.262 e. The highest BCUT2D eigenvalue weighted by atomic mass is 35.5. The molecule has 3 aromatic rings. The number of nitrogens with zero attached hydrogens (tertiary/aromatic N) is 2. The van der Waals surface area contributed by atoms with Crippen LogP contribution in [0.25, 0.3) is 10.9 Å². The highest BCUT2D eigenvalue weighted by Crippen LogP contribution is 2.21. The van der Waals surface area contributed by atoms with Gasteiger partial charge in [-0.1, -0.05) is 53.7 Å². The second-order valence-corrected chi connectivity index (χ2v) is 6.71. The molecule has 1 N–H and O–H groups in total. The van der Waals surface area contributed by atoms with E-state index in [1.807, 2.05) is 30.3 Å². The number of fused-ring (bicyclic) bond motifs is 1. The molecule has 1 heterocycles. The molecule has 0 aliphatic carbocycles. The number of nitrogens with one attached hydrogen (secondary N) is 1. The third-order valence-electron chi connectivity index (χ3n) is 3.72. The fourth-order valence-electron chi connectivity index (χ4n) is 2.40. The number of hydrogen-bond acceptors (Lipinski definition) is 4. The number of carbonyl (C=O) groups excluding carboxylic acids is 1. The molecule has 0 saturated heterocycles. The second kappa shape index (κ2) is 7.72. The average molecular weight is 374 g/mol. The molecule has 0 aliphatic heterocycles. The van der Waals surface area contributed by atoms with Crippen LogP contribution in [0.5, 0.6) is 0 Å². The number of rotatable bonds is 5. The number of hydrogen-bond donors (Lipinski definition) is 1. The minimum atomic E-state index is -0.148. The number of thioether (sulfide) groups is 1. The molecule has 0 fully saturated rings. The minimum absolute atomic E-state index is 0.128. The van der Waals surface area contributed by atoms with Gasteiger partial charge in [0.25, 0.3) is 5.56 Å². The Hall–Kier alpha value is -2.31. The molecular weight excluding hydrogens is 358 g/mol. The molecule has 0 aliphatic rings. The molecule has 7 heteroatoms. The molecular formula is C18H16ClN3O2S. The lowest BCUT2D eigenvalue weighted by molar-refractivity contribution is -0.118. The van der Waals surface area contributed by atoms with E-state index in [2.05, 4.69) is 10.3 Å². The SMILES string of the molecule is CNC(=O)CSc1nc2ccccc2c(=O)n1Cc1ccccc1Cl. The zero-order chi connectivity index (χ0) is 17.8. The molecule has 25 heavy (non-hydrogen) atoms. The predicted molar refractivity (Wildman–Crippen MR) is 101 cm³/mol. The third kappa shape index (κ3) is 3.86. The summed E-state index contributed by atoms with van der Waals surface area (Å²) in [6.45, 7) is 0.298. The standard InChI is InChI=1S/C18H16ClN3O2S/c1-20-16(23)11-25-18-21-15-9-5-3-7-13(15)17(24)22(18)10-12-6-2-4-8-14(12)19/h2-9H,10-11H2,1H3,(H,20,23). The summed E-state index contributed by atoms with van der Waals surface area (Å²) in [5.74, 6) is 0.0563. The molecule has 1 amide bonds. The van der Waals surface area contributed by atoms with Gasteiger partial charge in [0, 0.05) is 12.1 Å². The van der Waals surface area contributed by atoms with E-state index in [1.54, 1.807) is 29.8 Å². The van der Waals surface area contributed by atoms with Crippen molar-refractivity contribution in [2.45, 2.75) is 11.7 Å². The van der Waals surface area contributed by atoms with Gasteiger partial charge in [-0.15, -0.1) is 0 Å². The fraction of sp³-hybridized carbons (Fsp3) is 0.167. The number of benzene rings is 2. The maximum absolute atomic E-state index is 12.9. The lowest BCUT2D eigenvalue weighted by Crippen LogP contribution is -2.25. The molecule has 0 radical (unpaired) electrons. The van der Waals surface area contributed by atoms with Gasteiger partial charge in [0.1, 0.15) is 0 Å². The first-order valence-corrected chi connectivity index (χ1v) is 9.03. The topological polar surface area (TPSA) is 64.0 Å². The minimum Gasteiger partial charge on any atom is -0.358 e. The normalized spacial score (nSPS) is 10.8. The van der Waals surface area contributed by atoms with Crippen LogP contribution in [-0.4, -0.2) is 28.3 Å². The molecule has 128 valence electrons. The van der Waals surface area contributed by atoms with Crippen molar-refractivity contribution >= 4 is 40.2 Å². The quantitative estimate of drug-likeness (QED) is 0.551. The van der Waals surface area contributed by atoms with Crippen molar-refractivity contribution in [3.63, 3.8) is 0 Å². The van der Waals surface area contributed by atoms with E-state index in [9.17, 15) is 9.59 Å². The summed E-state index contributed by atoms with van der Waals surface area (Å²) in [7, 11) is 1.58. The van der Waals surface area contributed by atoms with Crippen LogP contribution < -0.4 is 10.9 Å². The Balaban J connectivity index is 2.09. The van der Waals surface area contributed by atoms with Crippen LogP contribution in [0.15, 0.2) is 58.5 Å². The summed E-state index contributed by atoms with van der Waals surface area (Å²) >= 11 is 7.47. The van der Waals surface area contributed by atoms with Crippen molar-refractivity contribution in [1.29, 1.82) is 0 Å². The van der Waals surface area contributed by atoms with Gasteiger partial charge in [0.2, 0.25) is 5.91 Å². The first-order valence-electron chi connectivity index (χ1n) is 7.66. The fourth-order valence-corrected chi connectivity index (χ4v) is 3.46. The van der Waals surface area contributed by atoms with Crippen LogP contribution in [0.3, 0.4) is 0 Å². The molecule has 2 aromatic carbocycles. The summed E-state index contributed by atoms with van der Waals surface area (Å²) in [5, 5.41) is 4.19.